The number of aryl methyl sites for hydroxylation is 2. The van der Waals surface area contributed by atoms with Crippen molar-refractivity contribution in [2.75, 3.05) is 0 Å². The molecule has 154 valence electrons. The van der Waals surface area contributed by atoms with Crippen LogP contribution in [0.3, 0.4) is 0 Å². The molecule has 0 aromatic heterocycles. The number of unbranched alkanes of at least 4 members (excludes halogenated alkanes) is 2. The molecule has 0 aliphatic carbocycles. The first-order chi connectivity index (χ1) is 13.4. The molecule has 0 N–H and O–H groups in total. The molecule has 2 aromatic rings. The highest BCUT2D eigenvalue weighted by atomic mass is 19.3. The number of halogens is 4. The molecule has 1 atom stereocenters. The molecule has 0 bridgehead atoms. The van der Waals surface area contributed by atoms with E-state index in [4.69, 9.17) is 0 Å². The minimum Gasteiger partial charge on any atom is -0.313 e. The van der Waals surface area contributed by atoms with Gasteiger partial charge in [-0.15, -0.1) is 0 Å². The molecule has 5 heteroatoms. The van der Waals surface area contributed by atoms with Gasteiger partial charge in [0.05, 0.1) is 6.61 Å². The number of hydrogen-bond acceptors (Lipinski definition) is 1. The predicted molar refractivity (Wildman–Crippen MR) is 104 cm³/mol. The van der Waals surface area contributed by atoms with Crippen molar-refractivity contribution in [3.63, 3.8) is 0 Å². The third-order valence-corrected chi connectivity index (χ3v) is 4.71. The Hall–Kier alpha value is -1.88. The number of benzene rings is 2. The maximum absolute atomic E-state index is 14.4. The average molecular weight is 396 g/mol. The second kappa shape index (κ2) is 10.6. The predicted octanol–water partition coefficient (Wildman–Crippen LogP) is 7.33. The van der Waals surface area contributed by atoms with Crippen molar-refractivity contribution in [2.24, 2.45) is 0 Å². The zero-order chi connectivity index (χ0) is 20.6. The van der Waals surface area contributed by atoms with Crippen LogP contribution in [-0.2, 0) is 24.2 Å². The number of ether oxygens (including phenoxy) is 1. The van der Waals surface area contributed by atoms with Gasteiger partial charge in [0, 0.05) is 5.56 Å². The molecule has 28 heavy (non-hydrogen) atoms. The summed E-state index contributed by atoms with van der Waals surface area (Å²) < 4.78 is 61.1. The third-order valence-electron chi connectivity index (χ3n) is 4.71. The minimum atomic E-state index is -4.04. The van der Waals surface area contributed by atoms with Crippen LogP contribution in [0.4, 0.5) is 17.6 Å². The van der Waals surface area contributed by atoms with E-state index in [0.29, 0.717) is 6.42 Å². The summed E-state index contributed by atoms with van der Waals surface area (Å²) >= 11 is 0. The van der Waals surface area contributed by atoms with E-state index in [1.807, 2.05) is 6.92 Å². The normalized spacial score (nSPS) is 12.9. The van der Waals surface area contributed by atoms with Gasteiger partial charge in [0.2, 0.25) is 6.17 Å². The van der Waals surface area contributed by atoms with Gasteiger partial charge in [-0.05, 0) is 42.0 Å². The van der Waals surface area contributed by atoms with Gasteiger partial charge in [-0.3, -0.25) is 0 Å². The molecule has 0 radical (unpaired) electrons. The fraction of sp³-hybridized carbons (Fsp3) is 0.478. The molecule has 1 unspecified atom stereocenters. The van der Waals surface area contributed by atoms with Gasteiger partial charge in [-0.25, -0.2) is 8.78 Å². The zero-order valence-corrected chi connectivity index (χ0v) is 16.5. The van der Waals surface area contributed by atoms with E-state index in [2.05, 4.69) is 11.7 Å². The summed E-state index contributed by atoms with van der Waals surface area (Å²) in [6, 6.07) is 10.5. The second-order valence-corrected chi connectivity index (χ2v) is 7.09. The van der Waals surface area contributed by atoms with Crippen LogP contribution >= 0.6 is 0 Å². The van der Waals surface area contributed by atoms with Gasteiger partial charge in [0.15, 0.2) is 0 Å². The van der Waals surface area contributed by atoms with Gasteiger partial charge in [-0.2, -0.15) is 8.78 Å². The molecule has 0 spiro atoms. The molecule has 1 nitrogen and oxygen atoms in total. The molecule has 0 saturated carbocycles. The van der Waals surface area contributed by atoms with Crippen LogP contribution in [0, 0.1) is 5.82 Å². The van der Waals surface area contributed by atoms with E-state index in [1.54, 1.807) is 18.2 Å². The lowest BCUT2D eigenvalue weighted by atomic mass is 10.0. The molecular formula is C23H28F4O. The van der Waals surface area contributed by atoms with E-state index < -0.39 is 24.7 Å². The highest BCUT2D eigenvalue weighted by Gasteiger charge is 2.42. The Balaban J connectivity index is 1.97. The summed E-state index contributed by atoms with van der Waals surface area (Å²) in [5, 5.41) is 0. The zero-order valence-electron chi connectivity index (χ0n) is 16.5. The SMILES string of the molecule is CCCCCc1ccc(C(F)C(F)(F)OCc2ccc(CCC)cc2F)cc1. The summed E-state index contributed by atoms with van der Waals surface area (Å²) in [6.07, 6.45) is -1.06. The molecule has 0 heterocycles. The quantitative estimate of drug-likeness (QED) is 0.285. The summed E-state index contributed by atoms with van der Waals surface area (Å²) in [7, 11) is 0. The Morgan fingerprint density at radius 1 is 0.893 bits per heavy atom. The summed E-state index contributed by atoms with van der Waals surface area (Å²) in [6.45, 7) is 3.37. The minimum absolute atomic E-state index is 0.0157. The first-order valence-corrected chi connectivity index (χ1v) is 9.89. The smallest absolute Gasteiger partial charge is 0.313 e. The standard InChI is InChI=1S/C23H28F4O/c1-3-5-6-8-17-9-12-19(13-10-17)22(25)23(26,27)28-16-20-14-11-18(7-4-2)15-21(20)24/h9-15,22H,3-8,16H2,1-2H3. The van der Waals surface area contributed by atoms with Gasteiger partial charge in [0.25, 0.3) is 0 Å². The molecule has 0 aliphatic rings. The van der Waals surface area contributed by atoms with Crippen LogP contribution in [0.5, 0.6) is 0 Å². The van der Waals surface area contributed by atoms with Gasteiger partial charge in [0.1, 0.15) is 5.82 Å². The number of rotatable bonds is 11. The van der Waals surface area contributed by atoms with Crippen LogP contribution < -0.4 is 0 Å². The average Bonchev–Trinajstić information content (AvgIpc) is 2.68. The first kappa shape index (κ1) is 22.4. The van der Waals surface area contributed by atoms with E-state index in [1.165, 1.54) is 24.3 Å². The number of alkyl halides is 3. The first-order valence-electron chi connectivity index (χ1n) is 9.89. The summed E-state index contributed by atoms with van der Waals surface area (Å²) in [5.74, 6) is -0.617. The van der Waals surface area contributed by atoms with Gasteiger partial charge < -0.3 is 4.74 Å². The van der Waals surface area contributed by atoms with Crippen LogP contribution in [0.2, 0.25) is 0 Å². The van der Waals surface area contributed by atoms with Crippen LogP contribution in [-0.4, -0.2) is 6.11 Å². The van der Waals surface area contributed by atoms with E-state index >= 15 is 0 Å². The fourth-order valence-electron chi connectivity index (χ4n) is 3.03. The molecule has 0 saturated heterocycles. The second-order valence-electron chi connectivity index (χ2n) is 7.09. The lowest BCUT2D eigenvalue weighted by Crippen LogP contribution is -2.27. The Kier molecular flexibility index (Phi) is 8.49. The van der Waals surface area contributed by atoms with E-state index in [9.17, 15) is 17.6 Å². The molecule has 0 aliphatic heterocycles. The van der Waals surface area contributed by atoms with Crippen molar-refractivity contribution in [1.29, 1.82) is 0 Å². The highest BCUT2D eigenvalue weighted by Crippen LogP contribution is 2.37. The molecule has 2 aromatic carbocycles. The lowest BCUT2D eigenvalue weighted by molar-refractivity contribution is -0.282. The Bertz CT molecular complexity index is 728. The number of hydrogen-bond donors (Lipinski definition) is 0. The van der Waals surface area contributed by atoms with E-state index in [-0.39, 0.29) is 11.1 Å². The Labute approximate surface area is 164 Å². The van der Waals surface area contributed by atoms with Crippen molar-refractivity contribution >= 4 is 0 Å². The Morgan fingerprint density at radius 2 is 1.57 bits per heavy atom. The maximum atomic E-state index is 14.4. The van der Waals surface area contributed by atoms with Crippen molar-refractivity contribution in [1.82, 2.24) is 0 Å². The molecule has 2 rings (SSSR count). The van der Waals surface area contributed by atoms with Crippen LogP contribution in [0.15, 0.2) is 42.5 Å². The van der Waals surface area contributed by atoms with Gasteiger partial charge >= 0.3 is 6.11 Å². The highest BCUT2D eigenvalue weighted by molar-refractivity contribution is 5.26. The summed E-state index contributed by atoms with van der Waals surface area (Å²) in [5.41, 5.74) is 1.61. The Morgan fingerprint density at radius 3 is 2.18 bits per heavy atom. The van der Waals surface area contributed by atoms with Gasteiger partial charge in [-0.1, -0.05) is 69.5 Å². The molecular weight excluding hydrogens is 368 g/mol. The topological polar surface area (TPSA) is 9.23 Å². The largest absolute Gasteiger partial charge is 0.391 e. The van der Waals surface area contributed by atoms with Crippen molar-refractivity contribution < 1.29 is 22.3 Å². The van der Waals surface area contributed by atoms with Crippen LogP contribution in [0.25, 0.3) is 0 Å². The fourth-order valence-corrected chi connectivity index (χ4v) is 3.03. The lowest BCUT2D eigenvalue weighted by Gasteiger charge is -2.21. The van der Waals surface area contributed by atoms with E-state index in [0.717, 1.165) is 43.2 Å². The van der Waals surface area contributed by atoms with Crippen LogP contribution in [0.1, 0.15) is 68.0 Å². The van der Waals surface area contributed by atoms with Crippen molar-refractivity contribution in [3.05, 3.63) is 70.5 Å². The monoisotopic (exact) mass is 396 g/mol. The molecule has 0 fully saturated rings. The van der Waals surface area contributed by atoms with Crippen molar-refractivity contribution in [3.8, 4) is 0 Å². The third kappa shape index (κ3) is 6.33. The van der Waals surface area contributed by atoms with Crippen molar-refractivity contribution in [2.45, 2.75) is 71.3 Å². The maximum Gasteiger partial charge on any atom is 0.391 e. The molecule has 0 amide bonds. The summed E-state index contributed by atoms with van der Waals surface area (Å²) in [4.78, 5) is 0.